The fraction of sp³-hybridized carbons (Fsp3) is 0.533. The van der Waals surface area contributed by atoms with Crippen LogP contribution in [0.1, 0.15) is 38.1 Å². The maximum Gasteiger partial charge on any atom is 0.253 e. The van der Waals surface area contributed by atoms with Crippen LogP contribution in [0.2, 0.25) is 0 Å². The smallest absolute Gasteiger partial charge is 0.253 e. The Labute approximate surface area is 124 Å². The van der Waals surface area contributed by atoms with Gasteiger partial charge in [-0.3, -0.25) is 4.79 Å². The molecule has 0 bridgehead atoms. The Morgan fingerprint density at radius 3 is 2.37 bits per heavy atom. The summed E-state index contributed by atoms with van der Waals surface area (Å²) in [5.41, 5.74) is 0.708. The number of hydrogen-bond acceptors (Lipinski definition) is 2. The summed E-state index contributed by atoms with van der Waals surface area (Å²) in [6.45, 7) is 8.46. The number of ether oxygens (including phenoxy) is 1. The van der Waals surface area contributed by atoms with E-state index in [0.29, 0.717) is 5.56 Å². The van der Waals surface area contributed by atoms with Crippen molar-refractivity contribution in [1.29, 1.82) is 0 Å². The van der Waals surface area contributed by atoms with Gasteiger partial charge in [0, 0.05) is 18.7 Å². The zero-order valence-electron chi connectivity index (χ0n) is 12.5. The molecule has 0 fully saturated rings. The Morgan fingerprint density at radius 1 is 1.37 bits per heavy atom. The minimum absolute atomic E-state index is 0.0192. The summed E-state index contributed by atoms with van der Waals surface area (Å²) in [5.74, 6) is 0.744. The second-order valence-corrected chi connectivity index (χ2v) is 6.66. The van der Waals surface area contributed by atoms with Crippen molar-refractivity contribution in [2.75, 3.05) is 14.2 Å². The van der Waals surface area contributed by atoms with Crippen molar-refractivity contribution in [2.45, 2.75) is 33.7 Å². The molecule has 3 nitrogen and oxygen atoms in total. The standard InChI is InChI=1S/C15H22BrNO2/c1-10(15(2,3)4)17(5)14(18)11-7-8-13(19-6)12(16)9-11/h7-10H,1-6H3. The molecular weight excluding hydrogens is 306 g/mol. The van der Waals surface area contributed by atoms with Gasteiger partial charge in [0.2, 0.25) is 0 Å². The molecule has 1 unspecified atom stereocenters. The number of methoxy groups -OCH3 is 1. The molecule has 1 aromatic carbocycles. The van der Waals surface area contributed by atoms with Crippen LogP contribution in [0.15, 0.2) is 22.7 Å². The van der Waals surface area contributed by atoms with Crippen LogP contribution in [0.3, 0.4) is 0 Å². The summed E-state index contributed by atoms with van der Waals surface area (Å²) in [6, 6.07) is 5.54. The zero-order chi connectivity index (χ0) is 14.8. The first-order chi connectivity index (χ1) is 8.68. The average Bonchev–Trinajstić information content (AvgIpc) is 2.34. The summed E-state index contributed by atoms with van der Waals surface area (Å²) in [4.78, 5) is 14.2. The lowest BCUT2D eigenvalue weighted by atomic mass is 9.87. The van der Waals surface area contributed by atoms with Crippen molar-refractivity contribution < 1.29 is 9.53 Å². The van der Waals surface area contributed by atoms with E-state index >= 15 is 0 Å². The van der Waals surface area contributed by atoms with E-state index in [1.807, 2.05) is 7.05 Å². The molecule has 0 aliphatic rings. The molecule has 0 saturated heterocycles. The molecule has 0 radical (unpaired) electrons. The molecule has 1 rings (SSSR count). The van der Waals surface area contributed by atoms with Crippen LogP contribution in [-0.2, 0) is 0 Å². The molecule has 0 aliphatic heterocycles. The third-order valence-electron chi connectivity index (χ3n) is 3.55. The molecule has 0 N–H and O–H groups in total. The van der Waals surface area contributed by atoms with Gasteiger partial charge in [-0.25, -0.2) is 0 Å². The average molecular weight is 328 g/mol. The number of amides is 1. The largest absolute Gasteiger partial charge is 0.496 e. The number of rotatable bonds is 3. The Morgan fingerprint density at radius 2 is 1.95 bits per heavy atom. The number of carbonyl (C=O) groups is 1. The van der Waals surface area contributed by atoms with Gasteiger partial charge in [0.15, 0.2) is 0 Å². The van der Waals surface area contributed by atoms with E-state index in [9.17, 15) is 4.79 Å². The van der Waals surface area contributed by atoms with Crippen LogP contribution >= 0.6 is 15.9 Å². The first kappa shape index (κ1) is 16.0. The summed E-state index contributed by atoms with van der Waals surface area (Å²) in [7, 11) is 3.45. The minimum atomic E-state index is 0.0192. The third-order valence-corrected chi connectivity index (χ3v) is 4.17. The van der Waals surface area contributed by atoms with Crippen LogP contribution in [0.25, 0.3) is 0 Å². The zero-order valence-corrected chi connectivity index (χ0v) is 14.0. The summed E-state index contributed by atoms with van der Waals surface area (Å²) in [5, 5.41) is 0. The SMILES string of the molecule is COc1ccc(C(=O)N(C)C(C)C(C)(C)C)cc1Br. The quantitative estimate of drug-likeness (QED) is 0.840. The fourth-order valence-corrected chi connectivity index (χ4v) is 2.30. The predicted octanol–water partition coefficient (Wildman–Crippen LogP) is 3.96. The van der Waals surface area contributed by atoms with Gasteiger partial charge in [-0.2, -0.15) is 0 Å². The first-order valence-corrected chi connectivity index (χ1v) is 7.08. The maximum absolute atomic E-state index is 12.4. The second-order valence-electron chi connectivity index (χ2n) is 5.81. The predicted molar refractivity (Wildman–Crippen MR) is 81.7 cm³/mol. The van der Waals surface area contributed by atoms with Crippen LogP contribution in [-0.4, -0.2) is 31.0 Å². The van der Waals surface area contributed by atoms with Gasteiger partial charge in [0.05, 0.1) is 11.6 Å². The van der Waals surface area contributed by atoms with Gasteiger partial charge in [-0.1, -0.05) is 20.8 Å². The third kappa shape index (κ3) is 3.72. The van der Waals surface area contributed by atoms with Crippen molar-refractivity contribution in [3.8, 4) is 5.75 Å². The highest BCUT2D eigenvalue weighted by atomic mass is 79.9. The molecule has 0 aromatic heterocycles. The molecule has 0 aliphatic carbocycles. The highest BCUT2D eigenvalue weighted by Gasteiger charge is 2.27. The van der Waals surface area contributed by atoms with E-state index < -0.39 is 0 Å². The van der Waals surface area contributed by atoms with E-state index in [0.717, 1.165) is 10.2 Å². The molecule has 1 amide bonds. The molecule has 0 saturated carbocycles. The van der Waals surface area contributed by atoms with Crippen molar-refractivity contribution in [3.05, 3.63) is 28.2 Å². The molecular formula is C15H22BrNO2. The van der Waals surface area contributed by atoms with Crippen LogP contribution in [0.5, 0.6) is 5.75 Å². The van der Waals surface area contributed by atoms with Gasteiger partial charge in [0.1, 0.15) is 5.75 Å². The summed E-state index contributed by atoms with van der Waals surface area (Å²) in [6.07, 6.45) is 0. The van der Waals surface area contributed by atoms with Gasteiger partial charge in [-0.05, 0) is 46.5 Å². The Kier molecular flexibility index (Phi) is 5.02. The first-order valence-electron chi connectivity index (χ1n) is 6.29. The summed E-state index contributed by atoms with van der Waals surface area (Å²) < 4.78 is 5.96. The lowest BCUT2D eigenvalue weighted by Crippen LogP contribution is -2.42. The van der Waals surface area contributed by atoms with Crippen LogP contribution < -0.4 is 4.74 Å². The normalized spacial score (nSPS) is 13.0. The van der Waals surface area contributed by atoms with Gasteiger partial charge >= 0.3 is 0 Å². The minimum Gasteiger partial charge on any atom is -0.496 e. The maximum atomic E-state index is 12.4. The topological polar surface area (TPSA) is 29.5 Å². The lowest BCUT2D eigenvalue weighted by Gasteiger charge is -2.35. The number of benzene rings is 1. The Balaban J connectivity index is 2.98. The van der Waals surface area contributed by atoms with Crippen molar-refractivity contribution in [1.82, 2.24) is 4.90 Å². The van der Waals surface area contributed by atoms with Gasteiger partial charge < -0.3 is 9.64 Å². The van der Waals surface area contributed by atoms with Gasteiger partial charge in [0.25, 0.3) is 5.91 Å². The second kappa shape index (κ2) is 5.95. The fourth-order valence-electron chi connectivity index (χ4n) is 1.76. The Hall–Kier alpha value is -1.03. The van der Waals surface area contributed by atoms with E-state index in [1.54, 1.807) is 30.2 Å². The van der Waals surface area contributed by atoms with E-state index in [1.165, 1.54) is 0 Å². The van der Waals surface area contributed by atoms with Crippen molar-refractivity contribution in [3.63, 3.8) is 0 Å². The number of carbonyl (C=O) groups excluding carboxylic acids is 1. The molecule has 4 heteroatoms. The van der Waals surface area contributed by atoms with Crippen molar-refractivity contribution >= 4 is 21.8 Å². The van der Waals surface area contributed by atoms with Crippen LogP contribution in [0, 0.1) is 5.41 Å². The molecule has 1 atom stereocenters. The van der Waals surface area contributed by atoms with E-state index in [4.69, 9.17) is 4.74 Å². The number of halogens is 1. The van der Waals surface area contributed by atoms with E-state index in [-0.39, 0.29) is 17.4 Å². The summed E-state index contributed by atoms with van der Waals surface area (Å²) >= 11 is 3.41. The van der Waals surface area contributed by atoms with Crippen LogP contribution in [0.4, 0.5) is 0 Å². The highest BCUT2D eigenvalue weighted by molar-refractivity contribution is 9.10. The Bertz CT molecular complexity index is 466. The molecule has 0 heterocycles. The number of hydrogen-bond donors (Lipinski definition) is 0. The molecule has 1 aromatic rings. The van der Waals surface area contributed by atoms with Crippen molar-refractivity contribution in [2.24, 2.45) is 5.41 Å². The highest BCUT2D eigenvalue weighted by Crippen LogP contribution is 2.28. The number of nitrogens with zero attached hydrogens (tertiary/aromatic N) is 1. The molecule has 0 spiro atoms. The lowest BCUT2D eigenvalue weighted by molar-refractivity contribution is 0.0629. The van der Waals surface area contributed by atoms with Gasteiger partial charge in [-0.15, -0.1) is 0 Å². The van der Waals surface area contributed by atoms with E-state index in [2.05, 4.69) is 43.6 Å². The molecule has 106 valence electrons. The molecule has 19 heavy (non-hydrogen) atoms. The monoisotopic (exact) mass is 327 g/mol.